The molecule has 0 saturated heterocycles. The van der Waals surface area contributed by atoms with Crippen molar-refractivity contribution in [2.45, 2.75) is 13.3 Å². The zero-order valence-electron chi connectivity index (χ0n) is 13.1. The number of carbonyl (C=O) groups is 2. The van der Waals surface area contributed by atoms with Crippen molar-refractivity contribution in [2.24, 2.45) is 0 Å². The second-order valence-corrected chi connectivity index (χ2v) is 6.14. The first-order chi connectivity index (χ1) is 11.6. The summed E-state index contributed by atoms with van der Waals surface area (Å²) in [6.45, 7) is 1.92. The molecule has 0 atom stereocenters. The van der Waals surface area contributed by atoms with Crippen LogP contribution in [0.15, 0.2) is 41.8 Å². The van der Waals surface area contributed by atoms with Crippen LogP contribution in [0.3, 0.4) is 0 Å². The standard InChI is InChI=1S/C17H16N4O2S/c1-11(22)13-9-14(24-10-13)17(23)18-8-7-15-19-16(21-20-15)12-5-3-2-4-6-12/h2-6,9-10H,7-8H2,1H3,(H,18,23)(H,19,20,21). The smallest absolute Gasteiger partial charge is 0.261 e. The number of ketones is 1. The van der Waals surface area contributed by atoms with E-state index < -0.39 is 0 Å². The van der Waals surface area contributed by atoms with Crippen LogP contribution in [-0.2, 0) is 6.42 Å². The van der Waals surface area contributed by atoms with Crippen LogP contribution in [-0.4, -0.2) is 33.4 Å². The van der Waals surface area contributed by atoms with Gasteiger partial charge >= 0.3 is 0 Å². The van der Waals surface area contributed by atoms with Gasteiger partial charge < -0.3 is 5.32 Å². The number of amides is 1. The summed E-state index contributed by atoms with van der Waals surface area (Å²) in [4.78, 5) is 28.2. The second kappa shape index (κ2) is 7.18. The van der Waals surface area contributed by atoms with Crippen LogP contribution in [0.4, 0.5) is 0 Å². The first kappa shape index (κ1) is 16.1. The molecule has 122 valence electrons. The average molecular weight is 340 g/mol. The van der Waals surface area contributed by atoms with E-state index in [0.717, 1.165) is 5.56 Å². The summed E-state index contributed by atoms with van der Waals surface area (Å²) < 4.78 is 0. The maximum Gasteiger partial charge on any atom is 0.261 e. The van der Waals surface area contributed by atoms with Crippen LogP contribution >= 0.6 is 11.3 Å². The van der Waals surface area contributed by atoms with Gasteiger partial charge in [-0.25, -0.2) is 4.98 Å². The number of benzene rings is 1. The highest BCUT2D eigenvalue weighted by molar-refractivity contribution is 7.12. The molecule has 1 amide bonds. The predicted octanol–water partition coefficient (Wildman–Crippen LogP) is 2.71. The molecule has 3 rings (SSSR count). The summed E-state index contributed by atoms with van der Waals surface area (Å²) in [6.07, 6.45) is 0.552. The lowest BCUT2D eigenvalue weighted by molar-refractivity contribution is 0.0958. The lowest BCUT2D eigenvalue weighted by atomic mass is 10.2. The van der Waals surface area contributed by atoms with Gasteiger partial charge in [-0.15, -0.1) is 11.3 Å². The van der Waals surface area contributed by atoms with Gasteiger partial charge in [0.1, 0.15) is 5.82 Å². The Hall–Kier alpha value is -2.80. The lowest BCUT2D eigenvalue weighted by Crippen LogP contribution is -2.25. The molecule has 7 heteroatoms. The van der Waals surface area contributed by atoms with Gasteiger partial charge in [-0.2, -0.15) is 5.10 Å². The highest BCUT2D eigenvalue weighted by Crippen LogP contribution is 2.15. The van der Waals surface area contributed by atoms with Crippen molar-refractivity contribution in [3.05, 3.63) is 58.0 Å². The highest BCUT2D eigenvalue weighted by Gasteiger charge is 2.11. The number of H-pyrrole nitrogens is 1. The van der Waals surface area contributed by atoms with Crippen molar-refractivity contribution in [2.75, 3.05) is 6.54 Å². The van der Waals surface area contributed by atoms with E-state index in [9.17, 15) is 9.59 Å². The Bertz CT molecular complexity index is 854. The molecular formula is C17H16N4O2S. The van der Waals surface area contributed by atoms with E-state index in [1.807, 2.05) is 30.3 Å². The van der Waals surface area contributed by atoms with Crippen molar-refractivity contribution in [3.63, 3.8) is 0 Å². The number of thiophene rings is 1. The molecule has 0 aliphatic carbocycles. The zero-order chi connectivity index (χ0) is 16.9. The number of hydrogen-bond donors (Lipinski definition) is 2. The summed E-state index contributed by atoms with van der Waals surface area (Å²) in [5.74, 6) is 1.13. The van der Waals surface area contributed by atoms with Crippen LogP contribution in [0.1, 0.15) is 32.8 Å². The molecule has 2 aromatic heterocycles. The van der Waals surface area contributed by atoms with Crippen LogP contribution < -0.4 is 5.32 Å². The molecule has 0 unspecified atom stereocenters. The van der Waals surface area contributed by atoms with Gasteiger partial charge in [0.2, 0.25) is 0 Å². The molecule has 1 aromatic carbocycles. The molecule has 0 bridgehead atoms. The van der Waals surface area contributed by atoms with Gasteiger partial charge in [-0.3, -0.25) is 14.7 Å². The molecule has 0 fully saturated rings. The summed E-state index contributed by atoms with van der Waals surface area (Å²) in [6, 6.07) is 11.3. The summed E-state index contributed by atoms with van der Waals surface area (Å²) in [7, 11) is 0. The third-order valence-corrected chi connectivity index (χ3v) is 4.37. The van der Waals surface area contributed by atoms with Crippen LogP contribution in [0.25, 0.3) is 11.4 Å². The summed E-state index contributed by atoms with van der Waals surface area (Å²) >= 11 is 1.26. The number of nitrogens with one attached hydrogen (secondary N) is 2. The first-order valence-corrected chi connectivity index (χ1v) is 8.36. The molecular weight excluding hydrogens is 324 g/mol. The van der Waals surface area contributed by atoms with E-state index in [2.05, 4.69) is 20.5 Å². The third-order valence-electron chi connectivity index (χ3n) is 3.44. The zero-order valence-corrected chi connectivity index (χ0v) is 13.9. The van der Waals surface area contributed by atoms with Crippen LogP contribution in [0.5, 0.6) is 0 Å². The maximum atomic E-state index is 12.0. The van der Waals surface area contributed by atoms with Crippen LogP contribution in [0, 0.1) is 0 Å². The minimum Gasteiger partial charge on any atom is -0.351 e. The second-order valence-electron chi connectivity index (χ2n) is 5.23. The Labute approximate surface area is 143 Å². The number of rotatable bonds is 6. The Morgan fingerprint density at radius 3 is 2.75 bits per heavy atom. The van der Waals surface area contributed by atoms with Crippen molar-refractivity contribution in [1.82, 2.24) is 20.5 Å². The van der Waals surface area contributed by atoms with Gasteiger partial charge in [-0.05, 0) is 13.0 Å². The number of aromatic amines is 1. The molecule has 24 heavy (non-hydrogen) atoms. The summed E-state index contributed by atoms with van der Waals surface area (Å²) in [5.41, 5.74) is 1.51. The van der Waals surface area contributed by atoms with Crippen molar-refractivity contribution < 1.29 is 9.59 Å². The topological polar surface area (TPSA) is 87.7 Å². The van der Waals surface area contributed by atoms with Gasteiger partial charge in [-0.1, -0.05) is 30.3 Å². The van der Waals surface area contributed by atoms with Crippen molar-refractivity contribution in [1.29, 1.82) is 0 Å². The van der Waals surface area contributed by atoms with E-state index >= 15 is 0 Å². The third kappa shape index (κ3) is 3.75. The minimum atomic E-state index is -0.185. The van der Waals surface area contributed by atoms with Gasteiger partial charge in [0.25, 0.3) is 5.91 Å². The van der Waals surface area contributed by atoms with Crippen molar-refractivity contribution in [3.8, 4) is 11.4 Å². The fourth-order valence-corrected chi connectivity index (χ4v) is 3.01. The largest absolute Gasteiger partial charge is 0.351 e. The molecule has 0 spiro atoms. The molecule has 3 aromatic rings. The number of aromatic nitrogens is 3. The predicted molar refractivity (Wildman–Crippen MR) is 92.2 cm³/mol. The molecule has 0 aliphatic rings. The molecule has 6 nitrogen and oxygen atoms in total. The highest BCUT2D eigenvalue weighted by atomic mass is 32.1. The molecule has 0 aliphatic heterocycles. The van der Waals surface area contributed by atoms with Gasteiger partial charge in [0.05, 0.1) is 4.88 Å². The minimum absolute atomic E-state index is 0.0413. The number of Topliss-reactive ketones (excluding diaryl/α,β-unsaturated/α-hetero) is 1. The molecule has 2 N–H and O–H groups in total. The molecule has 0 radical (unpaired) electrons. The summed E-state index contributed by atoms with van der Waals surface area (Å²) in [5, 5.41) is 11.6. The van der Waals surface area contributed by atoms with E-state index in [-0.39, 0.29) is 11.7 Å². The SMILES string of the molecule is CC(=O)c1csc(C(=O)NCCc2nc(-c3ccccc3)n[nH]2)c1. The van der Waals surface area contributed by atoms with Gasteiger partial charge in [0.15, 0.2) is 11.6 Å². The van der Waals surface area contributed by atoms with E-state index in [1.54, 1.807) is 11.4 Å². The first-order valence-electron chi connectivity index (χ1n) is 7.48. The Balaban J connectivity index is 1.54. The Kier molecular flexibility index (Phi) is 4.81. The average Bonchev–Trinajstić information content (AvgIpc) is 3.25. The van der Waals surface area contributed by atoms with Gasteiger partial charge in [0, 0.05) is 29.5 Å². The number of carbonyl (C=O) groups excluding carboxylic acids is 2. The monoisotopic (exact) mass is 340 g/mol. The molecule has 2 heterocycles. The van der Waals surface area contributed by atoms with E-state index in [4.69, 9.17) is 0 Å². The number of nitrogens with zero attached hydrogens (tertiary/aromatic N) is 2. The number of hydrogen-bond acceptors (Lipinski definition) is 5. The maximum absolute atomic E-state index is 12.0. The fourth-order valence-electron chi connectivity index (χ4n) is 2.14. The normalized spacial score (nSPS) is 10.5. The quantitative estimate of drug-likeness (QED) is 0.675. The molecule has 0 saturated carbocycles. The Morgan fingerprint density at radius 1 is 1.25 bits per heavy atom. The van der Waals surface area contributed by atoms with Crippen molar-refractivity contribution >= 4 is 23.0 Å². The fraction of sp³-hybridized carbons (Fsp3) is 0.176. The van der Waals surface area contributed by atoms with Crippen LogP contribution in [0.2, 0.25) is 0 Å². The Morgan fingerprint density at radius 2 is 2.04 bits per heavy atom. The van der Waals surface area contributed by atoms with E-state index in [0.29, 0.717) is 35.1 Å². The lowest BCUT2D eigenvalue weighted by Gasteiger charge is -2.01. The van der Waals surface area contributed by atoms with E-state index in [1.165, 1.54) is 18.3 Å².